The summed E-state index contributed by atoms with van der Waals surface area (Å²) >= 11 is 0. The van der Waals surface area contributed by atoms with Crippen LogP contribution in [0.15, 0.2) is 29.8 Å². The number of allylic oxidation sites excluding steroid dienone is 2. The molecule has 0 spiro atoms. The minimum absolute atomic E-state index is 0.858. The van der Waals surface area contributed by atoms with Crippen LogP contribution in [0.4, 0.5) is 5.69 Å². The second kappa shape index (κ2) is 3.44. The molecule has 12 heavy (non-hydrogen) atoms. The monoisotopic (exact) mass is 161 g/mol. The Morgan fingerprint density at radius 2 is 1.67 bits per heavy atom. The second-order valence-electron chi connectivity index (χ2n) is 3.21. The van der Waals surface area contributed by atoms with Gasteiger partial charge in [0.2, 0.25) is 0 Å². The van der Waals surface area contributed by atoms with Crippen LogP contribution in [-0.2, 0) is 0 Å². The topological polar surface area (TPSA) is 26.0 Å². The van der Waals surface area contributed by atoms with E-state index >= 15 is 0 Å². The fourth-order valence-electron chi connectivity index (χ4n) is 1.11. The first kappa shape index (κ1) is 8.85. The average molecular weight is 161 g/mol. The van der Waals surface area contributed by atoms with Gasteiger partial charge >= 0.3 is 0 Å². The number of nitrogen functional groups attached to an aromatic ring is 1. The van der Waals surface area contributed by atoms with Crippen molar-refractivity contribution in [2.45, 2.75) is 20.8 Å². The van der Waals surface area contributed by atoms with Gasteiger partial charge in [-0.2, -0.15) is 0 Å². The van der Waals surface area contributed by atoms with Crippen LogP contribution in [0.1, 0.15) is 26.3 Å². The van der Waals surface area contributed by atoms with Crippen molar-refractivity contribution in [2.75, 3.05) is 5.73 Å². The number of hydrogen-bond acceptors (Lipinski definition) is 1. The number of hydrogen-bond donors (Lipinski definition) is 1. The smallest absolute Gasteiger partial charge is 0.0390 e. The van der Waals surface area contributed by atoms with Gasteiger partial charge in [0.05, 0.1) is 0 Å². The zero-order valence-corrected chi connectivity index (χ0v) is 7.89. The molecular weight excluding hydrogens is 146 g/mol. The maximum atomic E-state index is 5.83. The average Bonchev–Trinajstić information content (AvgIpc) is 2.04. The van der Waals surface area contributed by atoms with Gasteiger partial charge in [0.25, 0.3) is 0 Å². The highest BCUT2D eigenvalue weighted by Gasteiger charge is 2.00. The van der Waals surface area contributed by atoms with E-state index in [9.17, 15) is 0 Å². The summed E-state index contributed by atoms with van der Waals surface area (Å²) in [6, 6.07) is 7.95. The summed E-state index contributed by atoms with van der Waals surface area (Å²) in [5, 5.41) is 0. The lowest BCUT2D eigenvalue weighted by atomic mass is 10.0. The standard InChI is InChI=1S/C11H15N/c1-8(2)9(3)10-6-4-5-7-11(10)12/h4-7H,12H2,1-3H3. The molecule has 1 aromatic carbocycles. The quantitative estimate of drug-likeness (QED) is 0.629. The van der Waals surface area contributed by atoms with Crippen LogP contribution >= 0.6 is 0 Å². The maximum Gasteiger partial charge on any atom is 0.0390 e. The van der Waals surface area contributed by atoms with Crippen molar-refractivity contribution in [3.05, 3.63) is 35.4 Å². The number of rotatable bonds is 1. The zero-order valence-electron chi connectivity index (χ0n) is 7.89. The van der Waals surface area contributed by atoms with Crippen LogP contribution in [0, 0.1) is 0 Å². The van der Waals surface area contributed by atoms with E-state index in [1.54, 1.807) is 0 Å². The molecule has 1 nitrogen and oxygen atoms in total. The molecule has 0 bridgehead atoms. The first-order chi connectivity index (χ1) is 5.63. The summed E-state index contributed by atoms with van der Waals surface area (Å²) in [5.41, 5.74) is 10.4. The van der Waals surface area contributed by atoms with Crippen molar-refractivity contribution < 1.29 is 0 Å². The van der Waals surface area contributed by atoms with Crippen molar-refractivity contribution >= 4 is 11.3 Å². The van der Waals surface area contributed by atoms with E-state index < -0.39 is 0 Å². The Labute approximate surface area is 73.9 Å². The van der Waals surface area contributed by atoms with Gasteiger partial charge in [-0.1, -0.05) is 23.8 Å². The lowest BCUT2D eigenvalue weighted by Crippen LogP contribution is -1.91. The fourth-order valence-corrected chi connectivity index (χ4v) is 1.11. The van der Waals surface area contributed by atoms with Crippen molar-refractivity contribution in [3.8, 4) is 0 Å². The molecule has 1 rings (SSSR count). The molecule has 1 heteroatoms. The SMILES string of the molecule is CC(C)=C(C)c1ccccc1N. The molecule has 0 saturated heterocycles. The fraction of sp³-hybridized carbons (Fsp3) is 0.273. The van der Waals surface area contributed by atoms with Gasteiger partial charge in [-0.3, -0.25) is 0 Å². The van der Waals surface area contributed by atoms with Gasteiger partial charge in [0, 0.05) is 11.3 Å². The summed E-state index contributed by atoms with van der Waals surface area (Å²) < 4.78 is 0. The molecule has 0 saturated carbocycles. The molecule has 64 valence electrons. The molecule has 0 aliphatic rings. The highest BCUT2D eigenvalue weighted by Crippen LogP contribution is 2.22. The summed E-state index contributed by atoms with van der Waals surface area (Å²) in [7, 11) is 0. The minimum atomic E-state index is 0.858. The van der Waals surface area contributed by atoms with Crippen LogP contribution in [-0.4, -0.2) is 0 Å². The number of anilines is 1. The third kappa shape index (κ3) is 1.67. The summed E-state index contributed by atoms with van der Waals surface area (Å²) in [4.78, 5) is 0. The summed E-state index contributed by atoms with van der Waals surface area (Å²) in [5.74, 6) is 0. The Bertz CT molecular complexity index is 307. The first-order valence-electron chi connectivity index (χ1n) is 4.12. The third-order valence-corrected chi connectivity index (χ3v) is 2.11. The van der Waals surface area contributed by atoms with Crippen LogP contribution in [0.25, 0.3) is 5.57 Å². The molecule has 0 atom stereocenters. The summed E-state index contributed by atoms with van der Waals surface area (Å²) in [6.07, 6.45) is 0. The lowest BCUT2D eigenvalue weighted by molar-refractivity contribution is 1.36. The third-order valence-electron chi connectivity index (χ3n) is 2.11. The van der Waals surface area contributed by atoms with Gasteiger partial charge in [0.15, 0.2) is 0 Å². The molecule has 0 unspecified atom stereocenters. The Balaban J connectivity index is 3.21. The normalized spacial score (nSPS) is 9.58. The molecule has 0 heterocycles. The molecular formula is C11H15N. The van der Waals surface area contributed by atoms with E-state index in [1.165, 1.54) is 11.1 Å². The molecule has 0 amide bonds. The van der Waals surface area contributed by atoms with Gasteiger partial charge in [-0.25, -0.2) is 0 Å². The van der Waals surface area contributed by atoms with Crippen LogP contribution in [0.3, 0.4) is 0 Å². The van der Waals surface area contributed by atoms with Gasteiger partial charge < -0.3 is 5.73 Å². The maximum absolute atomic E-state index is 5.83. The van der Waals surface area contributed by atoms with E-state index in [4.69, 9.17) is 5.73 Å². The predicted molar refractivity (Wildman–Crippen MR) is 54.8 cm³/mol. The van der Waals surface area contributed by atoms with Gasteiger partial charge in [0.1, 0.15) is 0 Å². The largest absolute Gasteiger partial charge is 0.398 e. The molecule has 1 aromatic rings. The van der Waals surface area contributed by atoms with E-state index in [2.05, 4.69) is 26.8 Å². The number of benzene rings is 1. The Morgan fingerprint density at radius 3 is 2.17 bits per heavy atom. The van der Waals surface area contributed by atoms with Crippen molar-refractivity contribution in [3.63, 3.8) is 0 Å². The Hall–Kier alpha value is -1.24. The van der Waals surface area contributed by atoms with Gasteiger partial charge in [-0.15, -0.1) is 0 Å². The van der Waals surface area contributed by atoms with Crippen molar-refractivity contribution in [1.29, 1.82) is 0 Å². The molecule has 0 aliphatic carbocycles. The van der Waals surface area contributed by atoms with Crippen LogP contribution < -0.4 is 5.73 Å². The highest BCUT2D eigenvalue weighted by molar-refractivity contribution is 5.75. The Kier molecular flexibility index (Phi) is 2.54. The van der Waals surface area contributed by atoms with E-state index in [1.807, 2.05) is 18.2 Å². The van der Waals surface area contributed by atoms with E-state index in [-0.39, 0.29) is 0 Å². The summed E-state index contributed by atoms with van der Waals surface area (Å²) in [6.45, 7) is 6.30. The van der Waals surface area contributed by atoms with Crippen LogP contribution in [0.2, 0.25) is 0 Å². The van der Waals surface area contributed by atoms with Crippen LogP contribution in [0.5, 0.6) is 0 Å². The molecule has 0 aliphatic heterocycles. The first-order valence-corrected chi connectivity index (χ1v) is 4.12. The molecule has 0 aromatic heterocycles. The molecule has 2 N–H and O–H groups in total. The lowest BCUT2D eigenvalue weighted by Gasteiger charge is -2.06. The van der Waals surface area contributed by atoms with E-state index in [0.29, 0.717) is 0 Å². The molecule has 0 fully saturated rings. The van der Waals surface area contributed by atoms with Crippen molar-refractivity contribution in [1.82, 2.24) is 0 Å². The van der Waals surface area contributed by atoms with E-state index in [0.717, 1.165) is 11.3 Å². The van der Waals surface area contributed by atoms with Crippen molar-refractivity contribution in [2.24, 2.45) is 0 Å². The minimum Gasteiger partial charge on any atom is -0.398 e. The second-order valence-corrected chi connectivity index (χ2v) is 3.21. The predicted octanol–water partition coefficient (Wildman–Crippen LogP) is 3.08. The number of para-hydroxylation sites is 1. The van der Waals surface area contributed by atoms with Gasteiger partial charge in [-0.05, 0) is 32.4 Å². The highest BCUT2D eigenvalue weighted by atomic mass is 14.6. The zero-order chi connectivity index (χ0) is 9.14. The Morgan fingerprint density at radius 1 is 1.08 bits per heavy atom. The number of nitrogens with two attached hydrogens (primary N) is 1. The molecule has 0 radical (unpaired) electrons.